The number of para-hydroxylation sites is 2. The molecule has 1 aliphatic rings. The number of rotatable bonds is 2. The Hall–Kier alpha value is -2.14. The minimum Gasteiger partial charge on any atom is -0.486 e. The summed E-state index contributed by atoms with van der Waals surface area (Å²) in [6.45, 7) is 0.299. The Kier molecular flexibility index (Phi) is 2.82. The second-order valence-electron chi connectivity index (χ2n) is 4.03. The average Bonchev–Trinajstić information content (AvgIpc) is 2.47. The first-order chi connectivity index (χ1) is 8.84. The van der Waals surface area contributed by atoms with Crippen LogP contribution in [0.3, 0.4) is 0 Å². The van der Waals surface area contributed by atoms with Gasteiger partial charge in [-0.25, -0.2) is 9.97 Å². The van der Waals surface area contributed by atoms with Gasteiger partial charge in [-0.15, -0.1) is 0 Å². The first kappa shape index (κ1) is 11.0. The monoisotopic (exact) mass is 244 g/mol. The molecule has 5 nitrogen and oxygen atoms in total. The van der Waals surface area contributed by atoms with Crippen molar-refractivity contribution < 1.29 is 14.6 Å². The third-order valence-corrected chi connectivity index (χ3v) is 2.80. The van der Waals surface area contributed by atoms with Crippen molar-refractivity contribution in [3.05, 3.63) is 48.5 Å². The van der Waals surface area contributed by atoms with Gasteiger partial charge in [-0.1, -0.05) is 12.1 Å². The highest BCUT2D eigenvalue weighted by atomic mass is 16.6. The van der Waals surface area contributed by atoms with Gasteiger partial charge < -0.3 is 14.6 Å². The smallest absolute Gasteiger partial charge is 0.163 e. The van der Waals surface area contributed by atoms with Crippen LogP contribution in [0.15, 0.2) is 43.0 Å². The SMILES string of the molecule is OC(c1cncnc1)C1COc2ccccc2O1. The summed E-state index contributed by atoms with van der Waals surface area (Å²) < 4.78 is 11.3. The highest BCUT2D eigenvalue weighted by Gasteiger charge is 2.28. The van der Waals surface area contributed by atoms with Crippen LogP contribution in [0.2, 0.25) is 0 Å². The molecule has 0 saturated heterocycles. The predicted octanol–water partition coefficient (Wildman–Crippen LogP) is 1.35. The van der Waals surface area contributed by atoms with Gasteiger partial charge in [0.15, 0.2) is 17.6 Å². The molecular weight excluding hydrogens is 232 g/mol. The first-order valence-corrected chi connectivity index (χ1v) is 5.66. The van der Waals surface area contributed by atoms with Crippen molar-refractivity contribution in [2.75, 3.05) is 6.61 Å². The summed E-state index contributed by atoms with van der Waals surface area (Å²) in [5.41, 5.74) is 0.616. The average molecular weight is 244 g/mol. The fourth-order valence-corrected chi connectivity index (χ4v) is 1.87. The fourth-order valence-electron chi connectivity index (χ4n) is 1.87. The van der Waals surface area contributed by atoms with Gasteiger partial charge in [-0.3, -0.25) is 0 Å². The van der Waals surface area contributed by atoms with Crippen LogP contribution in [0.1, 0.15) is 11.7 Å². The Bertz CT molecular complexity index is 533. The first-order valence-electron chi connectivity index (χ1n) is 5.66. The van der Waals surface area contributed by atoms with Crippen molar-refractivity contribution in [1.29, 1.82) is 0 Å². The van der Waals surface area contributed by atoms with Gasteiger partial charge in [0.2, 0.25) is 0 Å². The Balaban J connectivity index is 1.80. The van der Waals surface area contributed by atoms with Crippen LogP contribution in [0.25, 0.3) is 0 Å². The van der Waals surface area contributed by atoms with Crippen molar-refractivity contribution in [2.24, 2.45) is 0 Å². The Morgan fingerprint density at radius 3 is 2.67 bits per heavy atom. The maximum atomic E-state index is 10.2. The Labute approximate surface area is 104 Å². The van der Waals surface area contributed by atoms with Crippen LogP contribution in [-0.4, -0.2) is 27.8 Å². The van der Waals surface area contributed by atoms with Crippen molar-refractivity contribution in [3.63, 3.8) is 0 Å². The predicted molar refractivity (Wildman–Crippen MR) is 63.3 cm³/mol. The van der Waals surface area contributed by atoms with Crippen molar-refractivity contribution in [2.45, 2.75) is 12.2 Å². The lowest BCUT2D eigenvalue weighted by Gasteiger charge is -2.29. The lowest BCUT2D eigenvalue weighted by molar-refractivity contribution is -0.0116. The molecule has 0 aliphatic carbocycles. The summed E-state index contributed by atoms with van der Waals surface area (Å²) in [5, 5.41) is 10.2. The van der Waals surface area contributed by atoms with Crippen LogP contribution >= 0.6 is 0 Å². The molecule has 2 heterocycles. The van der Waals surface area contributed by atoms with E-state index >= 15 is 0 Å². The normalized spacial score (nSPS) is 19.3. The molecule has 5 heteroatoms. The van der Waals surface area contributed by atoms with E-state index in [1.807, 2.05) is 24.3 Å². The van der Waals surface area contributed by atoms with Crippen LogP contribution in [0, 0.1) is 0 Å². The number of ether oxygens (including phenoxy) is 2. The molecule has 0 amide bonds. The quantitative estimate of drug-likeness (QED) is 0.863. The number of aliphatic hydroxyl groups is 1. The van der Waals surface area contributed by atoms with Gasteiger partial charge in [0.1, 0.15) is 19.0 Å². The summed E-state index contributed by atoms with van der Waals surface area (Å²) in [5.74, 6) is 1.34. The van der Waals surface area contributed by atoms with E-state index in [1.165, 1.54) is 6.33 Å². The van der Waals surface area contributed by atoms with Crippen LogP contribution < -0.4 is 9.47 Å². The van der Waals surface area contributed by atoms with E-state index in [2.05, 4.69) is 9.97 Å². The molecule has 1 aromatic carbocycles. The minimum atomic E-state index is -0.806. The molecule has 0 saturated carbocycles. The number of benzene rings is 1. The van der Waals surface area contributed by atoms with Crippen molar-refractivity contribution in [1.82, 2.24) is 9.97 Å². The molecule has 2 atom stereocenters. The molecule has 1 N–H and O–H groups in total. The molecule has 1 aromatic heterocycles. The summed E-state index contributed by atoms with van der Waals surface area (Å²) in [6.07, 6.45) is 3.30. The number of aromatic nitrogens is 2. The van der Waals surface area contributed by atoms with E-state index in [0.717, 1.165) is 0 Å². The third kappa shape index (κ3) is 2.00. The van der Waals surface area contributed by atoms with Crippen molar-refractivity contribution >= 4 is 0 Å². The summed E-state index contributed by atoms with van der Waals surface area (Å²) >= 11 is 0. The van der Waals surface area contributed by atoms with Gasteiger partial charge in [-0.2, -0.15) is 0 Å². The van der Waals surface area contributed by atoms with Gasteiger partial charge in [-0.05, 0) is 12.1 Å². The van der Waals surface area contributed by atoms with Gasteiger partial charge in [0, 0.05) is 18.0 Å². The maximum absolute atomic E-state index is 10.2. The zero-order valence-electron chi connectivity index (χ0n) is 9.56. The molecule has 2 aromatic rings. The van der Waals surface area contributed by atoms with Crippen molar-refractivity contribution in [3.8, 4) is 11.5 Å². The van der Waals surface area contributed by atoms with E-state index in [-0.39, 0.29) is 0 Å². The highest BCUT2D eigenvalue weighted by Crippen LogP contribution is 2.33. The molecule has 18 heavy (non-hydrogen) atoms. The molecule has 92 valence electrons. The summed E-state index contributed by atoms with van der Waals surface area (Å²) in [7, 11) is 0. The molecule has 2 unspecified atom stereocenters. The number of fused-ring (bicyclic) bond motifs is 1. The molecule has 0 fully saturated rings. The molecular formula is C13H12N2O3. The second kappa shape index (κ2) is 4.62. The van der Waals surface area contributed by atoms with E-state index < -0.39 is 12.2 Å². The van der Waals surface area contributed by atoms with Gasteiger partial charge in [0.05, 0.1) is 0 Å². The zero-order chi connectivity index (χ0) is 12.4. The maximum Gasteiger partial charge on any atom is 0.163 e. The number of hydrogen-bond donors (Lipinski definition) is 1. The van der Waals surface area contributed by atoms with E-state index in [4.69, 9.17) is 9.47 Å². The number of nitrogens with zero attached hydrogens (tertiary/aromatic N) is 2. The van der Waals surface area contributed by atoms with Gasteiger partial charge >= 0.3 is 0 Å². The second-order valence-corrected chi connectivity index (χ2v) is 4.03. The number of hydrogen-bond acceptors (Lipinski definition) is 5. The number of aliphatic hydroxyl groups excluding tert-OH is 1. The summed E-state index contributed by atoms with van der Waals surface area (Å²) in [4.78, 5) is 7.75. The highest BCUT2D eigenvalue weighted by molar-refractivity contribution is 5.41. The molecule has 3 rings (SSSR count). The van der Waals surface area contributed by atoms with Crippen LogP contribution in [0.5, 0.6) is 11.5 Å². The van der Waals surface area contributed by atoms with Crippen LogP contribution in [0.4, 0.5) is 0 Å². The molecule has 1 aliphatic heterocycles. The standard InChI is InChI=1S/C13H12N2O3/c16-13(9-5-14-8-15-6-9)12-7-17-10-3-1-2-4-11(10)18-12/h1-6,8,12-13,16H,7H2. The van der Waals surface area contributed by atoms with E-state index in [9.17, 15) is 5.11 Å². The van der Waals surface area contributed by atoms with E-state index in [0.29, 0.717) is 23.7 Å². The molecule has 0 spiro atoms. The fraction of sp³-hybridized carbons (Fsp3) is 0.231. The largest absolute Gasteiger partial charge is 0.486 e. The Morgan fingerprint density at radius 1 is 1.17 bits per heavy atom. The molecule has 0 bridgehead atoms. The van der Waals surface area contributed by atoms with Gasteiger partial charge in [0.25, 0.3) is 0 Å². The Morgan fingerprint density at radius 2 is 1.89 bits per heavy atom. The lowest BCUT2D eigenvalue weighted by Crippen LogP contribution is -2.34. The zero-order valence-corrected chi connectivity index (χ0v) is 9.56. The third-order valence-electron chi connectivity index (χ3n) is 2.80. The van der Waals surface area contributed by atoms with Crippen LogP contribution in [-0.2, 0) is 0 Å². The summed E-state index contributed by atoms with van der Waals surface area (Å²) in [6, 6.07) is 7.39. The van der Waals surface area contributed by atoms with E-state index in [1.54, 1.807) is 12.4 Å². The lowest BCUT2D eigenvalue weighted by atomic mass is 10.1. The minimum absolute atomic E-state index is 0.299. The topological polar surface area (TPSA) is 64.5 Å². The molecule has 0 radical (unpaired) electrons.